The molecule has 146 valence electrons. The lowest BCUT2D eigenvalue weighted by atomic mass is 9.70. The first kappa shape index (κ1) is 19.9. The largest absolute Gasteiger partial charge is 0.396 e. The summed E-state index contributed by atoms with van der Waals surface area (Å²) in [5.74, 6) is 1.36. The number of unbranched alkanes of at least 4 members (excludes halogenated alkanes) is 3. The van der Waals surface area contributed by atoms with Crippen molar-refractivity contribution in [2.24, 2.45) is 16.7 Å². The lowest BCUT2D eigenvalue weighted by Crippen LogP contribution is -2.33. The molecule has 3 unspecified atom stereocenters. The molecular formula is C25H40O. The second-order valence-corrected chi connectivity index (χ2v) is 10.4. The molecule has 0 saturated heterocycles. The van der Waals surface area contributed by atoms with E-state index in [4.69, 9.17) is 0 Å². The van der Waals surface area contributed by atoms with Gasteiger partial charge in [0.15, 0.2) is 0 Å². The smallest absolute Gasteiger partial charge is 0.0492 e. The van der Waals surface area contributed by atoms with Crippen LogP contribution >= 0.6 is 0 Å². The molecule has 2 saturated carbocycles. The van der Waals surface area contributed by atoms with Crippen molar-refractivity contribution in [3.63, 3.8) is 0 Å². The molecule has 1 aromatic carbocycles. The fourth-order valence-electron chi connectivity index (χ4n) is 6.16. The highest BCUT2D eigenvalue weighted by Crippen LogP contribution is 2.70. The predicted octanol–water partition coefficient (Wildman–Crippen LogP) is 6.84. The minimum Gasteiger partial charge on any atom is -0.396 e. The summed E-state index contributed by atoms with van der Waals surface area (Å²) in [6, 6.07) is 9.57. The highest BCUT2D eigenvalue weighted by molar-refractivity contribution is 5.33. The SMILES string of the molecule is CCCCCCC(C)(C)c1ccc(C2CC3(CO)CCC2C3(C)C)cc1. The Labute approximate surface area is 161 Å². The van der Waals surface area contributed by atoms with E-state index in [0.717, 1.165) is 5.92 Å². The number of fused-ring (bicyclic) bond motifs is 2. The van der Waals surface area contributed by atoms with Gasteiger partial charge in [0.25, 0.3) is 0 Å². The van der Waals surface area contributed by atoms with Crippen molar-refractivity contribution in [3.8, 4) is 0 Å². The molecule has 2 aliphatic carbocycles. The van der Waals surface area contributed by atoms with Gasteiger partial charge in [0, 0.05) is 6.61 Å². The van der Waals surface area contributed by atoms with Gasteiger partial charge in [0.1, 0.15) is 0 Å². The van der Waals surface area contributed by atoms with Crippen LogP contribution in [0.2, 0.25) is 0 Å². The molecule has 2 bridgehead atoms. The summed E-state index contributed by atoms with van der Waals surface area (Å²) in [5.41, 5.74) is 3.68. The van der Waals surface area contributed by atoms with Crippen LogP contribution in [0.5, 0.6) is 0 Å². The Bertz CT molecular complexity index is 597. The van der Waals surface area contributed by atoms with E-state index in [0.29, 0.717) is 12.5 Å². The quantitative estimate of drug-likeness (QED) is 0.506. The average molecular weight is 357 g/mol. The first-order chi connectivity index (χ1) is 12.3. The van der Waals surface area contributed by atoms with E-state index in [1.54, 1.807) is 0 Å². The lowest BCUT2D eigenvalue weighted by Gasteiger charge is -2.36. The number of hydrogen-bond acceptors (Lipinski definition) is 1. The van der Waals surface area contributed by atoms with E-state index in [1.165, 1.54) is 62.5 Å². The Morgan fingerprint density at radius 1 is 1.08 bits per heavy atom. The highest BCUT2D eigenvalue weighted by Gasteiger charge is 2.62. The fraction of sp³-hybridized carbons (Fsp3) is 0.760. The molecule has 0 radical (unpaired) electrons. The van der Waals surface area contributed by atoms with Crippen LogP contribution in [0.4, 0.5) is 0 Å². The Balaban J connectivity index is 1.71. The zero-order valence-corrected chi connectivity index (χ0v) is 17.8. The van der Waals surface area contributed by atoms with Gasteiger partial charge in [-0.2, -0.15) is 0 Å². The maximum Gasteiger partial charge on any atom is 0.0492 e. The summed E-state index contributed by atoms with van der Waals surface area (Å²) in [7, 11) is 0. The molecule has 26 heavy (non-hydrogen) atoms. The zero-order chi connectivity index (χ0) is 19.0. The van der Waals surface area contributed by atoms with Crippen LogP contribution in [0.15, 0.2) is 24.3 Å². The summed E-state index contributed by atoms with van der Waals surface area (Å²) >= 11 is 0. The normalized spacial score (nSPS) is 30.1. The van der Waals surface area contributed by atoms with Crippen LogP contribution in [0.25, 0.3) is 0 Å². The van der Waals surface area contributed by atoms with Gasteiger partial charge in [-0.15, -0.1) is 0 Å². The molecular weight excluding hydrogens is 316 g/mol. The minimum absolute atomic E-state index is 0.152. The minimum atomic E-state index is 0.152. The van der Waals surface area contributed by atoms with Gasteiger partial charge < -0.3 is 5.11 Å². The summed E-state index contributed by atoms with van der Waals surface area (Å²) in [4.78, 5) is 0. The van der Waals surface area contributed by atoms with E-state index in [9.17, 15) is 5.11 Å². The lowest BCUT2D eigenvalue weighted by molar-refractivity contribution is 0.0466. The number of hydrogen-bond donors (Lipinski definition) is 1. The van der Waals surface area contributed by atoms with Crippen molar-refractivity contribution < 1.29 is 5.11 Å². The van der Waals surface area contributed by atoms with Gasteiger partial charge in [0.2, 0.25) is 0 Å². The predicted molar refractivity (Wildman–Crippen MR) is 112 cm³/mol. The second kappa shape index (κ2) is 7.30. The molecule has 0 amide bonds. The highest BCUT2D eigenvalue weighted by atomic mass is 16.3. The second-order valence-electron chi connectivity index (χ2n) is 10.4. The number of aliphatic hydroxyl groups excluding tert-OH is 1. The topological polar surface area (TPSA) is 20.2 Å². The van der Waals surface area contributed by atoms with Crippen LogP contribution in [-0.2, 0) is 5.41 Å². The third-order valence-corrected chi connectivity index (χ3v) is 8.40. The molecule has 0 aromatic heterocycles. The molecule has 2 fully saturated rings. The van der Waals surface area contributed by atoms with Crippen LogP contribution in [0, 0.1) is 16.7 Å². The number of benzene rings is 1. The van der Waals surface area contributed by atoms with Crippen LogP contribution in [0.3, 0.4) is 0 Å². The Kier molecular flexibility index (Phi) is 5.60. The van der Waals surface area contributed by atoms with Gasteiger partial charge in [-0.25, -0.2) is 0 Å². The van der Waals surface area contributed by atoms with Gasteiger partial charge in [-0.05, 0) is 64.9 Å². The molecule has 0 spiro atoms. The number of rotatable bonds is 8. The fourth-order valence-corrected chi connectivity index (χ4v) is 6.16. The molecule has 1 nitrogen and oxygen atoms in total. The standard InChI is InChI=1S/C25H40O/c1-6-7-8-9-15-23(2,3)20-12-10-19(11-13-20)21-17-25(18-26)16-14-22(21)24(25,4)5/h10-13,21-22,26H,6-9,14-18H2,1-5H3. The molecule has 3 atom stereocenters. The molecule has 0 aliphatic heterocycles. The summed E-state index contributed by atoms with van der Waals surface area (Å²) < 4.78 is 0. The van der Waals surface area contributed by atoms with Gasteiger partial charge >= 0.3 is 0 Å². The molecule has 2 aliphatic rings. The van der Waals surface area contributed by atoms with Crippen LogP contribution in [-0.4, -0.2) is 11.7 Å². The van der Waals surface area contributed by atoms with Crippen LogP contribution < -0.4 is 0 Å². The van der Waals surface area contributed by atoms with E-state index < -0.39 is 0 Å². The van der Waals surface area contributed by atoms with Crippen molar-refractivity contribution in [2.75, 3.05) is 6.61 Å². The average Bonchev–Trinajstić information content (AvgIpc) is 3.02. The van der Waals surface area contributed by atoms with Gasteiger partial charge in [0.05, 0.1) is 0 Å². The Hall–Kier alpha value is -0.820. The zero-order valence-electron chi connectivity index (χ0n) is 17.8. The van der Waals surface area contributed by atoms with Crippen molar-refractivity contribution in [2.45, 2.75) is 97.3 Å². The van der Waals surface area contributed by atoms with E-state index in [1.807, 2.05) is 0 Å². The van der Waals surface area contributed by atoms with Crippen molar-refractivity contribution >= 4 is 0 Å². The maximum atomic E-state index is 10.1. The van der Waals surface area contributed by atoms with E-state index in [-0.39, 0.29) is 16.2 Å². The van der Waals surface area contributed by atoms with Gasteiger partial charge in [-0.3, -0.25) is 0 Å². The molecule has 1 aromatic rings. The monoisotopic (exact) mass is 356 g/mol. The van der Waals surface area contributed by atoms with Crippen LogP contribution in [0.1, 0.15) is 103 Å². The summed E-state index contributed by atoms with van der Waals surface area (Å²) in [5, 5.41) is 10.1. The third-order valence-electron chi connectivity index (χ3n) is 8.40. The summed E-state index contributed by atoms with van der Waals surface area (Å²) in [6.07, 6.45) is 10.3. The first-order valence-electron chi connectivity index (χ1n) is 11.0. The molecule has 1 N–H and O–H groups in total. The van der Waals surface area contributed by atoms with Crippen molar-refractivity contribution in [1.82, 2.24) is 0 Å². The molecule has 3 rings (SSSR count). The van der Waals surface area contributed by atoms with Gasteiger partial charge in [-0.1, -0.05) is 84.6 Å². The third kappa shape index (κ3) is 3.26. The van der Waals surface area contributed by atoms with E-state index >= 15 is 0 Å². The number of aliphatic hydroxyl groups is 1. The molecule has 0 heterocycles. The van der Waals surface area contributed by atoms with E-state index in [2.05, 4.69) is 58.9 Å². The Morgan fingerprint density at radius 3 is 2.35 bits per heavy atom. The van der Waals surface area contributed by atoms with Crippen molar-refractivity contribution in [1.29, 1.82) is 0 Å². The Morgan fingerprint density at radius 2 is 1.77 bits per heavy atom. The van der Waals surface area contributed by atoms with Crippen molar-refractivity contribution in [3.05, 3.63) is 35.4 Å². The molecule has 1 heteroatoms. The summed E-state index contributed by atoms with van der Waals surface area (Å²) in [6.45, 7) is 12.2. The maximum absolute atomic E-state index is 10.1. The first-order valence-corrected chi connectivity index (χ1v) is 11.0.